The molecule has 0 bridgehead atoms. The van der Waals surface area contributed by atoms with Crippen molar-refractivity contribution in [3.8, 4) is 0 Å². The Bertz CT molecular complexity index is 444. The molecule has 2 rings (SSSR count). The molecule has 0 aromatic heterocycles. The molecule has 0 radical (unpaired) electrons. The first kappa shape index (κ1) is 11.9. The van der Waals surface area contributed by atoms with Crippen molar-refractivity contribution in [1.82, 2.24) is 4.90 Å². The summed E-state index contributed by atoms with van der Waals surface area (Å²) in [4.78, 5) is 24.0. The zero-order valence-corrected chi connectivity index (χ0v) is 9.85. The third kappa shape index (κ3) is 2.77. The number of likely N-dealkylation sites (tertiary alicyclic amines) is 1. The topological polar surface area (TPSA) is 57.6 Å². The number of carbonyl (C=O) groups is 2. The minimum Gasteiger partial charge on any atom is -0.481 e. The second-order valence-corrected chi connectivity index (χ2v) is 4.58. The van der Waals surface area contributed by atoms with Gasteiger partial charge in [-0.05, 0) is 17.7 Å². The fourth-order valence-corrected chi connectivity index (χ4v) is 2.03. The SMILES string of the molecule is O=C(O)[C@@H]1CC(=O)N(Cc2ccc(Cl)cc2)C1. The van der Waals surface area contributed by atoms with Crippen LogP contribution in [0.5, 0.6) is 0 Å². The van der Waals surface area contributed by atoms with Gasteiger partial charge < -0.3 is 10.0 Å². The van der Waals surface area contributed by atoms with Gasteiger partial charge in [0.15, 0.2) is 0 Å². The van der Waals surface area contributed by atoms with Gasteiger partial charge in [-0.25, -0.2) is 0 Å². The average molecular weight is 254 g/mol. The summed E-state index contributed by atoms with van der Waals surface area (Å²) in [7, 11) is 0. The van der Waals surface area contributed by atoms with Gasteiger partial charge in [-0.3, -0.25) is 9.59 Å². The monoisotopic (exact) mass is 253 g/mol. The molecule has 1 saturated heterocycles. The van der Waals surface area contributed by atoms with Gasteiger partial charge in [0, 0.05) is 24.5 Å². The van der Waals surface area contributed by atoms with Crippen LogP contribution in [0.2, 0.25) is 5.02 Å². The summed E-state index contributed by atoms with van der Waals surface area (Å²) < 4.78 is 0. The van der Waals surface area contributed by atoms with Crippen LogP contribution >= 0.6 is 11.6 Å². The van der Waals surface area contributed by atoms with E-state index in [9.17, 15) is 9.59 Å². The van der Waals surface area contributed by atoms with Crippen LogP contribution in [0.1, 0.15) is 12.0 Å². The fourth-order valence-electron chi connectivity index (χ4n) is 1.90. The Morgan fingerprint density at radius 1 is 1.41 bits per heavy atom. The van der Waals surface area contributed by atoms with Crippen molar-refractivity contribution in [2.45, 2.75) is 13.0 Å². The van der Waals surface area contributed by atoms with Gasteiger partial charge in [0.1, 0.15) is 0 Å². The van der Waals surface area contributed by atoms with Gasteiger partial charge in [0.25, 0.3) is 0 Å². The maximum Gasteiger partial charge on any atom is 0.308 e. The smallest absolute Gasteiger partial charge is 0.308 e. The van der Waals surface area contributed by atoms with Crippen molar-refractivity contribution < 1.29 is 14.7 Å². The number of hydrogen-bond donors (Lipinski definition) is 1. The Labute approximate surface area is 104 Å². The second kappa shape index (κ2) is 4.75. The first-order valence-electron chi connectivity index (χ1n) is 5.31. The number of carboxylic acid groups (broad SMARTS) is 1. The van der Waals surface area contributed by atoms with Gasteiger partial charge in [0.2, 0.25) is 5.91 Å². The summed E-state index contributed by atoms with van der Waals surface area (Å²) in [5.41, 5.74) is 0.953. The number of benzene rings is 1. The molecule has 1 fully saturated rings. The molecule has 0 aliphatic carbocycles. The number of carbonyl (C=O) groups excluding carboxylic acids is 1. The molecule has 0 spiro atoms. The molecule has 1 aromatic rings. The third-order valence-electron chi connectivity index (χ3n) is 2.85. The zero-order valence-electron chi connectivity index (χ0n) is 9.10. The van der Waals surface area contributed by atoms with Crippen LogP contribution < -0.4 is 0 Å². The standard InChI is InChI=1S/C12H12ClNO3/c13-10-3-1-8(2-4-10)6-14-7-9(12(16)17)5-11(14)15/h1-4,9H,5-7H2,(H,16,17)/t9-/m1/s1. The fraction of sp³-hybridized carbons (Fsp3) is 0.333. The molecule has 0 saturated carbocycles. The Morgan fingerprint density at radius 2 is 2.06 bits per heavy atom. The number of aliphatic carboxylic acids is 1. The van der Waals surface area contributed by atoms with E-state index in [1.54, 1.807) is 17.0 Å². The Balaban J connectivity index is 2.02. The highest BCUT2D eigenvalue weighted by atomic mass is 35.5. The van der Waals surface area contributed by atoms with E-state index in [0.29, 0.717) is 11.6 Å². The molecule has 17 heavy (non-hydrogen) atoms. The van der Waals surface area contributed by atoms with Crippen molar-refractivity contribution in [3.05, 3.63) is 34.9 Å². The van der Waals surface area contributed by atoms with E-state index in [2.05, 4.69) is 0 Å². The maximum absolute atomic E-state index is 11.6. The van der Waals surface area contributed by atoms with Gasteiger partial charge in [-0.2, -0.15) is 0 Å². The number of hydrogen-bond acceptors (Lipinski definition) is 2. The number of halogens is 1. The predicted octanol–water partition coefficient (Wildman–Crippen LogP) is 1.77. The van der Waals surface area contributed by atoms with Gasteiger partial charge >= 0.3 is 5.97 Å². The quantitative estimate of drug-likeness (QED) is 0.893. The molecule has 1 amide bonds. The molecule has 1 aromatic carbocycles. The van der Waals surface area contributed by atoms with E-state index in [1.165, 1.54) is 0 Å². The molecule has 1 aliphatic heterocycles. The normalized spacial score (nSPS) is 19.7. The van der Waals surface area contributed by atoms with Crippen molar-refractivity contribution in [1.29, 1.82) is 0 Å². The molecule has 1 atom stereocenters. The van der Waals surface area contributed by atoms with Crippen molar-refractivity contribution in [2.75, 3.05) is 6.54 Å². The number of carboxylic acids is 1. The van der Waals surface area contributed by atoms with Crippen LogP contribution in [0.15, 0.2) is 24.3 Å². The number of rotatable bonds is 3. The van der Waals surface area contributed by atoms with Gasteiger partial charge in [-0.15, -0.1) is 0 Å². The van der Waals surface area contributed by atoms with Crippen LogP contribution in [0.4, 0.5) is 0 Å². The zero-order chi connectivity index (χ0) is 12.4. The van der Waals surface area contributed by atoms with Crippen molar-refractivity contribution in [3.63, 3.8) is 0 Å². The van der Waals surface area contributed by atoms with Crippen LogP contribution in [-0.2, 0) is 16.1 Å². The molecular formula is C12H12ClNO3. The third-order valence-corrected chi connectivity index (χ3v) is 3.10. The molecule has 1 aliphatic rings. The minimum absolute atomic E-state index is 0.100. The number of nitrogens with zero attached hydrogens (tertiary/aromatic N) is 1. The highest BCUT2D eigenvalue weighted by Gasteiger charge is 2.33. The maximum atomic E-state index is 11.6. The van der Waals surface area contributed by atoms with E-state index in [-0.39, 0.29) is 18.9 Å². The van der Waals surface area contributed by atoms with Crippen molar-refractivity contribution >= 4 is 23.5 Å². The first-order valence-corrected chi connectivity index (χ1v) is 5.69. The Kier molecular flexibility index (Phi) is 3.33. The highest BCUT2D eigenvalue weighted by molar-refractivity contribution is 6.30. The van der Waals surface area contributed by atoms with E-state index in [0.717, 1.165) is 5.56 Å². The molecule has 5 heteroatoms. The summed E-state index contributed by atoms with van der Waals surface area (Å²) in [6.07, 6.45) is 0.100. The van der Waals surface area contributed by atoms with Crippen LogP contribution in [0.3, 0.4) is 0 Å². The average Bonchev–Trinajstić information content (AvgIpc) is 2.64. The first-order chi connectivity index (χ1) is 8.06. The van der Waals surface area contributed by atoms with Gasteiger partial charge in [0.05, 0.1) is 5.92 Å². The lowest BCUT2D eigenvalue weighted by molar-refractivity contribution is -0.141. The predicted molar refractivity (Wildman–Crippen MR) is 62.6 cm³/mol. The Morgan fingerprint density at radius 3 is 2.59 bits per heavy atom. The van der Waals surface area contributed by atoms with E-state index in [4.69, 9.17) is 16.7 Å². The minimum atomic E-state index is -0.906. The van der Waals surface area contributed by atoms with E-state index >= 15 is 0 Å². The van der Waals surface area contributed by atoms with Crippen molar-refractivity contribution in [2.24, 2.45) is 5.92 Å². The summed E-state index contributed by atoms with van der Waals surface area (Å²) in [6, 6.07) is 7.19. The Hall–Kier alpha value is -1.55. The van der Waals surface area contributed by atoms with Crippen LogP contribution in [0.25, 0.3) is 0 Å². The lowest BCUT2D eigenvalue weighted by Crippen LogP contribution is -2.25. The molecular weight excluding hydrogens is 242 g/mol. The summed E-state index contributed by atoms with van der Waals surface area (Å²) in [6.45, 7) is 0.733. The van der Waals surface area contributed by atoms with Crippen LogP contribution in [0, 0.1) is 5.92 Å². The molecule has 0 unspecified atom stereocenters. The highest BCUT2D eigenvalue weighted by Crippen LogP contribution is 2.20. The largest absolute Gasteiger partial charge is 0.481 e. The van der Waals surface area contributed by atoms with Crippen LogP contribution in [-0.4, -0.2) is 28.4 Å². The lowest BCUT2D eigenvalue weighted by Gasteiger charge is -2.15. The summed E-state index contributed by atoms with van der Waals surface area (Å²) in [5.74, 6) is -1.58. The van der Waals surface area contributed by atoms with E-state index in [1.807, 2.05) is 12.1 Å². The summed E-state index contributed by atoms with van der Waals surface area (Å²) in [5, 5.41) is 9.50. The molecule has 1 N–H and O–H groups in total. The number of amides is 1. The molecule has 90 valence electrons. The second-order valence-electron chi connectivity index (χ2n) is 4.14. The lowest BCUT2D eigenvalue weighted by atomic mass is 10.1. The summed E-state index contributed by atoms with van der Waals surface area (Å²) >= 11 is 5.76. The molecule has 1 heterocycles. The molecule has 4 nitrogen and oxygen atoms in total. The van der Waals surface area contributed by atoms with E-state index < -0.39 is 11.9 Å². The van der Waals surface area contributed by atoms with Gasteiger partial charge in [-0.1, -0.05) is 23.7 Å².